The number of nitrogens with one attached hydrogen (secondary N) is 1. The van der Waals surface area contributed by atoms with E-state index in [0.717, 1.165) is 27.1 Å². The zero-order chi connectivity index (χ0) is 18.8. The number of hydrogen-bond donors (Lipinski definition) is 1. The van der Waals surface area contributed by atoms with E-state index in [0.29, 0.717) is 23.3 Å². The molecule has 0 unspecified atom stereocenters. The van der Waals surface area contributed by atoms with E-state index in [-0.39, 0.29) is 5.91 Å². The molecule has 0 fully saturated rings. The molecule has 0 bridgehead atoms. The maximum absolute atomic E-state index is 12.6. The molecular weight excluding hydrogens is 462 g/mol. The van der Waals surface area contributed by atoms with Gasteiger partial charge in [-0.3, -0.25) is 14.2 Å². The van der Waals surface area contributed by atoms with Crippen LogP contribution in [0, 0.1) is 13.8 Å². The maximum atomic E-state index is 12.6. The summed E-state index contributed by atoms with van der Waals surface area (Å²) in [6.07, 6.45) is 1.63. The summed E-state index contributed by atoms with van der Waals surface area (Å²) in [5.74, 6) is -0.192. The number of rotatable bonds is 5. The Morgan fingerprint density at radius 2 is 2.00 bits per heavy atom. The number of aromatic nitrogens is 4. The van der Waals surface area contributed by atoms with Crippen LogP contribution in [-0.2, 0) is 13.1 Å². The van der Waals surface area contributed by atoms with Crippen molar-refractivity contribution in [1.82, 2.24) is 19.6 Å². The van der Waals surface area contributed by atoms with Crippen molar-refractivity contribution in [2.75, 3.05) is 5.32 Å². The number of carbonyl (C=O) groups excluding carboxylic acids is 1. The van der Waals surface area contributed by atoms with Gasteiger partial charge in [0.25, 0.3) is 5.91 Å². The van der Waals surface area contributed by atoms with Crippen molar-refractivity contribution in [2.45, 2.75) is 33.9 Å². The molecule has 2 heterocycles. The molecule has 2 aromatic heterocycles. The number of benzene rings is 1. The molecule has 1 amide bonds. The van der Waals surface area contributed by atoms with Gasteiger partial charge in [0.15, 0.2) is 0 Å². The number of carbonyl (C=O) groups is 1. The van der Waals surface area contributed by atoms with Crippen molar-refractivity contribution in [3.63, 3.8) is 0 Å². The fourth-order valence-electron chi connectivity index (χ4n) is 2.77. The standard InChI is InChI=1S/C18H19Br2N5O/c1-4-24-17(15(19)9-21-24)18(26)22-14-7-5-6-13(8-14)10-25-12(3)16(20)11(2)23-25/h5-9H,4,10H2,1-3H3,(H,22,26). The van der Waals surface area contributed by atoms with Gasteiger partial charge in [-0.05, 0) is 70.3 Å². The predicted octanol–water partition coefficient (Wildman–Crippen LogP) is 4.54. The Morgan fingerprint density at radius 1 is 1.23 bits per heavy atom. The Kier molecular flexibility index (Phi) is 5.62. The van der Waals surface area contributed by atoms with Gasteiger partial charge in [0.05, 0.1) is 33.1 Å². The van der Waals surface area contributed by atoms with Crippen molar-refractivity contribution in [2.24, 2.45) is 0 Å². The van der Waals surface area contributed by atoms with E-state index < -0.39 is 0 Å². The number of amides is 1. The minimum atomic E-state index is -0.192. The third-order valence-corrected chi connectivity index (χ3v) is 5.85. The number of anilines is 1. The van der Waals surface area contributed by atoms with Gasteiger partial charge in [0, 0.05) is 12.2 Å². The quantitative estimate of drug-likeness (QED) is 0.582. The number of nitrogens with zero attached hydrogens (tertiary/aromatic N) is 4. The van der Waals surface area contributed by atoms with Crippen LogP contribution in [0.15, 0.2) is 39.4 Å². The van der Waals surface area contributed by atoms with Crippen molar-refractivity contribution >= 4 is 43.5 Å². The van der Waals surface area contributed by atoms with Crippen molar-refractivity contribution in [1.29, 1.82) is 0 Å². The number of halogens is 2. The third kappa shape index (κ3) is 3.76. The average molecular weight is 481 g/mol. The highest BCUT2D eigenvalue weighted by Gasteiger charge is 2.17. The van der Waals surface area contributed by atoms with Crippen LogP contribution in [0.5, 0.6) is 0 Å². The summed E-state index contributed by atoms with van der Waals surface area (Å²) in [6, 6.07) is 7.78. The molecule has 6 nitrogen and oxygen atoms in total. The topological polar surface area (TPSA) is 64.7 Å². The van der Waals surface area contributed by atoms with Crippen LogP contribution in [0.3, 0.4) is 0 Å². The minimum absolute atomic E-state index is 0.192. The van der Waals surface area contributed by atoms with Crippen LogP contribution in [0.2, 0.25) is 0 Å². The Bertz CT molecular complexity index is 961. The SMILES string of the molecule is CCn1ncc(Br)c1C(=O)Nc1cccc(Cn2nc(C)c(Br)c2C)c1. The molecule has 0 saturated carbocycles. The lowest BCUT2D eigenvalue weighted by Gasteiger charge is -2.10. The van der Waals surface area contributed by atoms with E-state index in [9.17, 15) is 4.79 Å². The second-order valence-corrected chi connectivity index (χ2v) is 7.60. The first kappa shape index (κ1) is 18.8. The van der Waals surface area contributed by atoms with E-state index in [2.05, 4.69) is 47.4 Å². The Balaban J connectivity index is 1.80. The first-order valence-electron chi connectivity index (χ1n) is 8.21. The van der Waals surface area contributed by atoms with Crippen LogP contribution in [0.25, 0.3) is 0 Å². The minimum Gasteiger partial charge on any atom is -0.321 e. The Morgan fingerprint density at radius 3 is 2.65 bits per heavy atom. The number of aryl methyl sites for hydroxylation is 2. The van der Waals surface area contributed by atoms with Crippen molar-refractivity contribution in [3.05, 3.63) is 62.1 Å². The summed E-state index contributed by atoms with van der Waals surface area (Å²) < 4.78 is 5.32. The predicted molar refractivity (Wildman–Crippen MR) is 108 cm³/mol. The van der Waals surface area contributed by atoms with Gasteiger partial charge < -0.3 is 5.32 Å². The van der Waals surface area contributed by atoms with Gasteiger partial charge in [-0.25, -0.2) is 0 Å². The smallest absolute Gasteiger partial charge is 0.275 e. The van der Waals surface area contributed by atoms with Crippen LogP contribution < -0.4 is 5.32 Å². The lowest BCUT2D eigenvalue weighted by Crippen LogP contribution is -2.18. The summed E-state index contributed by atoms with van der Waals surface area (Å²) in [5.41, 5.74) is 4.35. The van der Waals surface area contributed by atoms with Gasteiger partial charge in [-0.15, -0.1) is 0 Å². The summed E-state index contributed by atoms with van der Waals surface area (Å²) in [6.45, 7) is 7.21. The fourth-order valence-corrected chi connectivity index (χ4v) is 3.53. The lowest BCUT2D eigenvalue weighted by atomic mass is 10.2. The summed E-state index contributed by atoms with van der Waals surface area (Å²) in [7, 11) is 0. The fraction of sp³-hybridized carbons (Fsp3) is 0.278. The second kappa shape index (κ2) is 7.75. The summed E-state index contributed by atoms with van der Waals surface area (Å²) in [5, 5.41) is 11.7. The van der Waals surface area contributed by atoms with E-state index in [1.807, 2.05) is 49.7 Å². The first-order valence-corrected chi connectivity index (χ1v) is 9.80. The zero-order valence-corrected chi connectivity index (χ0v) is 17.9. The molecule has 136 valence electrons. The first-order chi connectivity index (χ1) is 12.4. The third-order valence-electron chi connectivity index (χ3n) is 4.12. The molecule has 0 radical (unpaired) electrons. The lowest BCUT2D eigenvalue weighted by molar-refractivity contribution is 0.101. The van der Waals surface area contributed by atoms with Crippen LogP contribution >= 0.6 is 31.9 Å². The molecule has 0 saturated heterocycles. The summed E-state index contributed by atoms with van der Waals surface area (Å²) in [4.78, 5) is 12.6. The number of hydrogen-bond acceptors (Lipinski definition) is 3. The molecule has 0 atom stereocenters. The van der Waals surface area contributed by atoms with E-state index in [1.54, 1.807) is 10.9 Å². The molecule has 0 spiro atoms. The largest absolute Gasteiger partial charge is 0.321 e. The van der Waals surface area contributed by atoms with Crippen LogP contribution in [0.4, 0.5) is 5.69 Å². The van der Waals surface area contributed by atoms with Gasteiger partial charge in [0.1, 0.15) is 5.69 Å². The van der Waals surface area contributed by atoms with Gasteiger partial charge >= 0.3 is 0 Å². The molecule has 0 aliphatic carbocycles. The van der Waals surface area contributed by atoms with Crippen molar-refractivity contribution < 1.29 is 4.79 Å². The Hall–Kier alpha value is -1.93. The molecule has 0 aliphatic rings. The molecule has 26 heavy (non-hydrogen) atoms. The summed E-state index contributed by atoms with van der Waals surface area (Å²) >= 11 is 6.94. The molecular formula is C18H19Br2N5O. The van der Waals surface area contributed by atoms with E-state index in [1.165, 1.54) is 0 Å². The second-order valence-electron chi connectivity index (χ2n) is 5.95. The van der Waals surface area contributed by atoms with E-state index in [4.69, 9.17) is 0 Å². The van der Waals surface area contributed by atoms with Gasteiger partial charge in [-0.2, -0.15) is 10.2 Å². The average Bonchev–Trinajstić information content (AvgIpc) is 3.10. The monoisotopic (exact) mass is 479 g/mol. The molecule has 0 aliphatic heterocycles. The molecule has 3 rings (SSSR count). The molecule has 8 heteroatoms. The normalized spacial score (nSPS) is 11.0. The van der Waals surface area contributed by atoms with Gasteiger partial charge in [-0.1, -0.05) is 12.1 Å². The highest BCUT2D eigenvalue weighted by Crippen LogP contribution is 2.22. The maximum Gasteiger partial charge on any atom is 0.275 e. The molecule has 1 N–H and O–H groups in total. The van der Waals surface area contributed by atoms with Gasteiger partial charge in [0.2, 0.25) is 0 Å². The zero-order valence-electron chi connectivity index (χ0n) is 14.8. The Labute approximate surface area is 168 Å². The molecule has 3 aromatic rings. The highest BCUT2D eigenvalue weighted by molar-refractivity contribution is 9.10. The van der Waals surface area contributed by atoms with Crippen LogP contribution in [0.1, 0.15) is 34.4 Å². The highest BCUT2D eigenvalue weighted by atomic mass is 79.9. The molecule has 1 aromatic carbocycles. The van der Waals surface area contributed by atoms with E-state index >= 15 is 0 Å². The van der Waals surface area contributed by atoms with Crippen LogP contribution in [-0.4, -0.2) is 25.5 Å². The van der Waals surface area contributed by atoms with Crippen molar-refractivity contribution in [3.8, 4) is 0 Å².